The summed E-state index contributed by atoms with van der Waals surface area (Å²) in [5, 5.41) is 0. The third-order valence-corrected chi connectivity index (χ3v) is 9.36. The summed E-state index contributed by atoms with van der Waals surface area (Å²) in [6.45, 7) is 1.11. The number of hydrogen-bond acceptors (Lipinski definition) is 10. The molecule has 50 heavy (non-hydrogen) atoms. The average molecular weight is 730 g/mol. The number of hydrogen-bond donors (Lipinski definition) is 1. The highest BCUT2D eigenvalue weighted by Crippen LogP contribution is 2.43. The van der Waals surface area contributed by atoms with Crippen LogP contribution in [0, 0.1) is 0 Å². The molecule has 2 atom stereocenters. The van der Waals surface area contributed by atoms with Crippen molar-refractivity contribution in [3.05, 3.63) is 24.3 Å². The van der Waals surface area contributed by atoms with E-state index in [2.05, 4.69) is 4.90 Å². The first-order chi connectivity index (χ1) is 24.2. The van der Waals surface area contributed by atoms with Gasteiger partial charge >= 0.3 is 25.7 Å². The molecule has 0 radical (unpaired) electrons. The van der Waals surface area contributed by atoms with Gasteiger partial charge in [-0.25, -0.2) is 4.57 Å². The largest absolute Gasteiger partial charge is 0.472 e. The molecular formula is C38H68NO10P. The van der Waals surface area contributed by atoms with Gasteiger partial charge in [0.1, 0.15) is 6.10 Å². The average Bonchev–Trinajstić information content (AvgIpc) is 3.06. The number of carbonyl (C=O) groups excluding carboxylic acids is 3. The molecule has 0 aromatic heterocycles. The minimum absolute atomic E-state index is 0.00000642. The van der Waals surface area contributed by atoms with E-state index in [-0.39, 0.29) is 69.7 Å². The first-order valence-corrected chi connectivity index (χ1v) is 20.7. The quantitative estimate of drug-likeness (QED) is 0.126. The number of allylic oxidation sites excluding steroid dienone is 2. The molecule has 12 heteroatoms. The lowest BCUT2D eigenvalue weighted by Crippen LogP contribution is -2.20. The van der Waals surface area contributed by atoms with Gasteiger partial charge in [0, 0.05) is 12.8 Å². The zero-order valence-corrected chi connectivity index (χ0v) is 32.1. The van der Waals surface area contributed by atoms with Crippen molar-refractivity contribution in [3.63, 3.8) is 0 Å². The van der Waals surface area contributed by atoms with Gasteiger partial charge in [-0.2, -0.15) is 0 Å². The van der Waals surface area contributed by atoms with Crippen LogP contribution in [-0.2, 0) is 42.2 Å². The van der Waals surface area contributed by atoms with Crippen LogP contribution in [-0.4, -0.2) is 80.9 Å². The van der Waals surface area contributed by atoms with Gasteiger partial charge in [-0.3, -0.25) is 23.4 Å². The third kappa shape index (κ3) is 30.8. The Labute approximate surface area is 302 Å². The number of phosphoric acid groups is 1. The lowest BCUT2D eigenvalue weighted by Gasteiger charge is -2.18. The van der Waals surface area contributed by atoms with Gasteiger partial charge in [0.05, 0.1) is 39.3 Å². The van der Waals surface area contributed by atoms with Crippen LogP contribution in [0.4, 0.5) is 0 Å². The monoisotopic (exact) mass is 729 g/mol. The first kappa shape index (κ1) is 46.0. The van der Waals surface area contributed by atoms with Gasteiger partial charge in [-0.15, -0.1) is 0 Å². The van der Waals surface area contributed by atoms with Crippen LogP contribution in [0.3, 0.4) is 0 Å². The Morgan fingerprint density at radius 2 is 1.16 bits per heavy atom. The Kier molecular flexibility index (Phi) is 29.1. The van der Waals surface area contributed by atoms with E-state index >= 15 is 0 Å². The Balaban J connectivity index is 2.49. The number of ether oxygens (including phenoxy) is 3. The lowest BCUT2D eigenvalue weighted by atomic mass is 10.0. The molecule has 1 aliphatic rings. The Morgan fingerprint density at radius 1 is 0.700 bits per heavy atom. The molecule has 0 saturated carbocycles. The highest BCUT2D eigenvalue weighted by molar-refractivity contribution is 7.47. The second-order valence-corrected chi connectivity index (χ2v) is 14.9. The van der Waals surface area contributed by atoms with E-state index in [9.17, 15) is 23.8 Å². The summed E-state index contributed by atoms with van der Waals surface area (Å²) in [6, 6.07) is 0. The number of nitrogens with zero attached hydrogens (tertiary/aromatic N) is 1. The van der Waals surface area contributed by atoms with Crippen LogP contribution in [0.5, 0.6) is 0 Å². The number of carbonyl (C=O) groups is 3. The molecule has 11 nitrogen and oxygen atoms in total. The minimum Gasteiger partial charge on any atom is -0.465 e. The normalized spacial score (nSPS) is 24.4. The molecular weight excluding hydrogens is 661 g/mol. The fourth-order valence-electron chi connectivity index (χ4n) is 5.47. The van der Waals surface area contributed by atoms with Gasteiger partial charge in [0.25, 0.3) is 0 Å². The molecule has 0 spiro atoms. The lowest BCUT2D eigenvalue weighted by molar-refractivity contribution is -0.150. The standard InChI is InChI=1S/C38H68NO10P/c1-39(2)30-23-29-38(42)49-35-25-17-13-9-5-3-7-11-15-19-27-36(40)45-31-21-22-33-47-50(43,44)48-34-24-32-46-37(41)28-20-16-12-8-4-6-10-14-18-26-35/h15-16,19-20,35H,3-14,17-18,21-34H2,1-2H3,(H,43,44). The predicted octanol–water partition coefficient (Wildman–Crippen LogP) is 8.78. The van der Waals surface area contributed by atoms with Crippen molar-refractivity contribution in [2.24, 2.45) is 0 Å². The van der Waals surface area contributed by atoms with Crippen molar-refractivity contribution < 1.29 is 47.1 Å². The van der Waals surface area contributed by atoms with E-state index in [4.69, 9.17) is 23.3 Å². The van der Waals surface area contributed by atoms with Crippen LogP contribution in [0.15, 0.2) is 24.3 Å². The van der Waals surface area contributed by atoms with Gasteiger partial charge in [0.2, 0.25) is 0 Å². The molecule has 1 heterocycles. The highest BCUT2D eigenvalue weighted by atomic mass is 31.2. The predicted molar refractivity (Wildman–Crippen MR) is 197 cm³/mol. The summed E-state index contributed by atoms with van der Waals surface area (Å²) >= 11 is 0. The molecule has 0 aromatic carbocycles. The van der Waals surface area contributed by atoms with E-state index < -0.39 is 7.82 Å². The van der Waals surface area contributed by atoms with Gasteiger partial charge < -0.3 is 24.0 Å². The summed E-state index contributed by atoms with van der Waals surface area (Å²) in [5.74, 6) is -0.719. The SMILES string of the molecule is CN(C)CCCC(=O)OC1CCCCCCCCC=CCC(=O)OCCCCOP(=O)(O)OCCCOC(=O)CC=CCCCCCCCC1. The summed E-state index contributed by atoms with van der Waals surface area (Å²) in [5.41, 5.74) is 0. The van der Waals surface area contributed by atoms with E-state index in [1.165, 1.54) is 25.7 Å². The molecule has 0 bridgehead atoms. The van der Waals surface area contributed by atoms with Crippen LogP contribution >= 0.6 is 7.82 Å². The molecule has 0 aliphatic carbocycles. The Morgan fingerprint density at radius 3 is 1.70 bits per heavy atom. The van der Waals surface area contributed by atoms with Crippen LogP contribution < -0.4 is 0 Å². The zero-order valence-electron chi connectivity index (χ0n) is 31.2. The highest BCUT2D eigenvalue weighted by Gasteiger charge is 2.20. The van der Waals surface area contributed by atoms with E-state index in [1.54, 1.807) is 0 Å². The van der Waals surface area contributed by atoms with Crippen LogP contribution in [0.2, 0.25) is 0 Å². The molecule has 0 saturated heterocycles. The minimum atomic E-state index is -4.19. The summed E-state index contributed by atoms with van der Waals surface area (Å²) in [4.78, 5) is 48.3. The van der Waals surface area contributed by atoms with Crippen molar-refractivity contribution in [1.82, 2.24) is 4.90 Å². The molecule has 1 aliphatic heterocycles. The Hall–Kier alpha value is -2.04. The number of esters is 3. The maximum absolute atomic E-state index is 12.5. The van der Waals surface area contributed by atoms with Crippen molar-refractivity contribution in [2.75, 3.05) is 47.1 Å². The molecule has 1 rings (SSSR count). The number of phosphoric ester groups is 1. The van der Waals surface area contributed by atoms with Gasteiger partial charge in [0.15, 0.2) is 0 Å². The number of rotatable bonds is 5. The number of cyclic esters (lactones) is 2. The van der Waals surface area contributed by atoms with Gasteiger partial charge in [-0.1, -0.05) is 75.7 Å². The maximum atomic E-state index is 12.5. The third-order valence-electron chi connectivity index (χ3n) is 8.34. The van der Waals surface area contributed by atoms with Crippen molar-refractivity contribution in [2.45, 2.75) is 154 Å². The molecule has 0 amide bonds. The van der Waals surface area contributed by atoms with Gasteiger partial charge in [-0.05, 0) is 91.3 Å². The van der Waals surface area contributed by atoms with Crippen molar-refractivity contribution >= 4 is 25.7 Å². The van der Waals surface area contributed by atoms with Crippen LogP contribution in [0.25, 0.3) is 0 Å². The van der Waals surface area contributed by atoms with E-state index in [0.29, 0.717) is 19.3 Å². The van der Waals surface area contributed by atoms with E-state index in [1.807, 2.05) is 38.4 Å². The fourth-order valence-corrected chi connectivity index (χ4v) is 6.27. The summed E-state index contributed by atoms with van der Waals surface area (Å²) < 4.78 is 38.2. The van der Waals surface area contributed by atoms with E-state index in [0.717, 1.165) is 90.0 Å². The molecule has 0 fully saturated rings. The fraction of sp³-hybridized carbons (Fsp3) is 0.816. The zero-order chi connectivity index (χ0) is 36.5. The second-order valence-electron chi connectivity index (χ2n) is 13.4. The topological polar surface area (TPSA) is 138 Å². The van der Waals surface area contributed by atoms with Crippen molar-refractivity contribution in [1.29, 1.82) is 0 Å². The molecule has 1 N–H and O–H groups in total. The van der Waals surface area contributed by atoms with Crippen LogP contribution in [0.1, 0.15) is 148 Å². The summed E-state index contributed by atoms with van der Waals surface area (Å²) in [6.07, 6.45) is 27.9. The second kappa shape index (κ2) is 31.7. The molecule has 0 aromatic rings. The molecule has 2 unspecified atom stereocenters. The Bertz CT molecular complexity index is 987. The summed E-state index contributed by atoms with van der Waals surface area (Å²) in [7, 11) is -0.159. The molecule has 290 valence electrons. The first-order valence-electron chi connectivity index (χ1n) is 19.3. The van der Waals surface area contributed by atoms with Crippen molar-refractivity contribution in [3.8, 4) is 0 Å². The maximum Gasteiger partial charge on any atom is 0.472 e. The smallest absolute Gasteiger partial charge is 0.465 e.